The van der Waals surface area contributed by atoms with E-state index in [0.29, 0.717) is 12.8 Å². The van der Waals surface area contributed by atoms with Crippen molar-refractivity contribution >= 4 is 11.9 Å². The molecule has 2 aromatic carbocycles. The van der Waals surface area contributed by atoms with Crippen LogP contribution in [0.1, 0.15) is 60.0 Å². The molecule has 0 aliphatic carbocycles. The Morgan fingerprint density at radius 1 is 0.967 bits per heavy atom. The van der Waals surface area contributed by atoms with Gasteiger partial charge in [-0.2, -0.15) is 0 Å². The van der Waals surface area contributed by atoms with Gasteiger partial charge in [0.2, 0.25) is 0 Å². The SMILES string of the molecule is O=C(c1ccccc1C(F)F)C1CC2CCCC(C1)N2C(=O)OCc1ccccc1. The summed E-state index contributed by atoms with van der Waals surface area (Å²) in [5, 5.41) is 0. The van der Waals surface area contributed by atoms with Crippen molar-refractivity contribution in [1.82, 2.24) is 4.90 Å². The van der Waals surface area contributed by atoms with Gasteiger partial charge >= 0.3 is 6.09 Å². The van der Waals surface area contributed by atoms with Crippen LogP contribution in [0.15, 0.2) is 54.6 Å². The molecule has 2 heterocycles. The Labute approximate surface area is 174 Å². The van der Waals surface area contributed by atoms with Gasteiger partial charge in [-0.3, -0.25) is 4.79 Å². The molecule has 0 saturated carbocycles. The second-order valence-corrected chi connectivity index (χ2v) is 8.11. The highest BCUT2D eigenvalue weighted by Gasteiger charge is 2.44. The first kappa shape index (κ1) is 20.5. The second kappa shape index (κ2) is 8.94. The minimum absolute atomic E-state index is 0.0894. The fraction of sp³-hybridized carbons (Fsp3) is 0.417. The second-order valence-electron chi connectivity index (χ2n) is 8.11. The van der Waals surface area contributed by atoms with Crippen LogP contribution in [-0.2, 0) is 11.3 Å². The summed E-state index contributed by atoms with van der Waals surface area (Å²) in [7, 11) is 0. The lowest BCUT2D eigenvalue weighted by Gasteiger charge is -2.47. The van der Waals surface area contributed by atoms with E-state index in [1.807, 2.05) is 30.3 Å². The van der Waals surface area contributed by atoms with E-state index < -0.39 is 6.43 Å². The van der Waals surface area contributed by atoms with Crippen LogP contribution in [0.3, 0.4) is 0 Å². The number of ether oxygens (including phenoxy) is 1. The van der Waals surface area contributed by atoms with Crippen LogP contribution in [-0.4, -0.2) is 28.9 Å². The number of hydrogen-bond donors (Lipinski definition) is 0. The molecular formula is C24H25F2NO3. The molecule has 2 saturated heterocycles. The number of fused-ring (bicyclic) bond motifs is 2. The van der Waals surface area contributed by atoms with E-state index >= 15 is 0 Å². The van der Waals surface area contributed by atoms with Crippen molar-refractivity contribution in [3.63, 3.8) is 0 Å². The number of rotatable bonds is 5. The predicted octanol–water partition coefficient (Wildman–Crippen LogP) is 5.78. The van der Waals surface area contributed by atoms with E-state index in [4.69, 9.17) is 4.74 Å². The summed E-state index contributed by atoms with van der Waals surface area (Å²) in [5.41, 5.74) is 0.817. The molecule has 0 aromatic heterocycles. The van der Waals surface area contributed by atoms with Crippen molar-refractivity contribution in [2.24, 2.45) is 5.92 Å². The van der Waals surface area contributed by atoms with E-state index in [0.717, 1.165) is 24.8 Å². The molecule has 0 radical (unpaired) electrons. The summed E-state index contributed by atoms with van der Waals surface area (Å²) in [6.07, 6.45) is 0.548. The smallest absolute Gasteiger partial charge is 0.410 e. The number of ketones is 1. The quantitative estimate of drug-likeness (QED) is 0.584. The first-order valence-corrected chi connectivity index (χ1v) is 10.4. The van der Waals surface area contributed by atoms with Crippen LogP contribution in [0.2, 0.25) is 0 Å². The van der Waals surface area contributed by atoms with Crippen molar-refractivity contribution in [3.05, 3.63) is 71.3 Å². The fourth-order valence-electron chi connectivity index (χ4n) is 4.82. The minimum atomic E-state index is -2.68. The van der Waals surface area contributed by atoms with Crippen LogP contribution in [0, 0.1) is 5.92 Å². The number of benzene rings is 2. The van der Waals surface area contributed by atoms with Crippen LogP contribution >= 0.6 is 0 Å². The van der Waals surface area contributed by atoms with Crippen molar-refractivity contribution in [3.8, 4) is 0 Å². The average Bonchev–Trinajstić information content (AvgIpc) is 2.76. The van der Waals surface area contributed by atoms with Gasteiger partial charge in [0.1, 0.15) is 6.61 Å². The molecule has 2 bridgehead atoms. The van der Waals surface area contributed by atoms with Crippen LogP contribution < -0.4 is 0 Å². The maximum Gasteiger partial charge on any atom is 0.410 e. The monoisotopic (exact) mass is 413 g/mol. The number of carbonyl (C=O) groups excluding carboxylic acids is 2. The zero-order valence-corrected chi connectivity index (χ0v) is 16.7. The first-order chi connectivity index (χ1) is 14.5. The van der Waals surface area contributed by atoms with Gasteiger partial charge in [-0.1, -0.05) is 54.6 Å². The Hall–Kier alpha value is -2.76. The maximum absolute atomic E-state index is 13.4. The number of carbonyl (C=O) groups is 2. The van der Waals surface area contributed by atoms with Gasteiger partial charge in [0.05, 0.1) is 0 Å². The highest BCUT2D eigenvalue weighted by atomic mass is 19.3. The molecule has 0 N–H and O–H groups in total. The number of alkyl halides is 2. The lowest BCUT2D eigenvalue weighted by molar-refractivity contribution is 0.00464. The van der Waals surface area contributed by atoms with Crippen molar-refractivity contribution in [1.29, 1.82) is 0 Å². The summed E-state index contributed by atoms with van der Waals surface area (Å²) in [4.78, 5) is 27.7. The molecule has 4 rings (SSSR count). The summed E-state index contributed by atoms with van der Waals surface area (Å²) in [5.74, 6) is -0.585. The average molecular weight is 413 g/mol. The predicted molar refractivity (Wildman–Crippen MR) is 108 cm³/mol. The Bertz CT molecular complexity index is 888. The Morgan fingerprint density at radius 2 is 1.60 bits per heavy atom. The summed E-state index contributed by atoms with van der Waals surface area (Å²) in [6, 6.07) is 15.3. The van der Waals surface area contributed by atoms with Gasteiger partial charge in [0, 0.05) is 29.1 Å². The zero-order valence-electron chi connectivity index (χ0n) is 16.7. The largest absolute Gasteiger partial charge is 0.445 e. The van der Waals surface area contributed by atoms with Gasteiger partial charge in [-0.25, -0.2) is 13.6 Å². The number of Topliss-reactive ketones (excluding diaryl/α,β-unsaturated/α-hetero) is 1. The standard InChI is InChI=1S/C24H25F2NO3/c25-23(26)21-12-5-4-11-20(21)22(28)17-13-18-9-6-10-19(14-17)27(18)24(29)30-15-16-7-2-1-3-8-16/h1-5,7-8,11-12,17-19,23H,6,9-10,13-15H2. The Balaban J connectivity index is 1.46. The Kier molecular flexibility index (Phi) is 6.11. The molecule has 2 fully saturated rings. The van der Waals surface area contributed by atoms with E-state index in [2.05, 4.69) is 0 Å². The summed E-state index contributed by atoms with van der Waals surface area (Å²) in [6.45, 7) is 0.208. The van der Waals surface area contributed by atoms with Gasteiger partial charge in [0.15, 0.2) is 5.78 Å². The third kappa shape index (κ3) is 4.23. The molecule has 2 unspecified atom stereocenters. The van der Waals surface area contributed by atoms with Crippen molar-refractivity contribution in [2.75, 3.05) is 0 Å². The van der Waals surface area contributed by atoms with Gasteiger partial charge in [0.25, 0.3) is 6.43 Å². The molecule has 6 heteroatoms. The first-order valence-electron chi connectivity index (χ1n) is 10.4. The van der Waals surface area contributed by atoms with Crippen molar-refractivity contribution in [2.45, 2.75) is 57.2 Å². The number of nitrogens with zero attached hydrogens (tertiary/aromatic N) is 1. The molecule has 2 atom stereocenters. The van der Waals surface area contributed by atoms with E-state index in [-0.39, 0.29) is 47.6 Å². The zero-order chi connectivity index (χ0) is 21.1. The van der Waals surface area contributed by atoms with Crippen LogP contribution in [0.5, 0.6) is 0 Å². The highest BCUT2D eigenvalue weighted by Crippen LogP contribution is 2.39. The molecular weight excluding hydrogens is 388 g/mol. The van der Waals surface area contributed by atoms with E-state index in [1.54, 1.807) is 11.0 Å². The molecule has 4 nitrogen and oxygen atoms in total. The van der Waals surface area contributed by atoms with Gasteiger partial charge in [-0.15, -0.1) is 0 Å². The number of amides is 1. The highest BCUT2D eigenvalue weighted by molar-refractivity contribution is 5.99. The lowest BCUT2D eigenvalue weighted by Crippen LogP contribution is -2.55. The van der Waals surface area contributed by atoms with E-state index in [9.17, 15) is 18.4 Å². The fourth-order valence-corrected chi connectivity index (χ4v) is 4.82. The number of halogens is 2. The minimum Gasteiger partial charge on any atom is -0.445 e. The van der Waals surface area contributed by atoms with Crippen LogP contribution in [0.4, 0.5) is 13.6 Å². The third-order valence-corrected chi connectivity index (χ3v) is 6.22. The summed E-state index contributed by atoms with van der Waals surface area (Å²) >= 11 is 0. The van der Waals surface area contributed by atoms with Crippen LogP contribution in [0.25, 0.3) is 0 Å². The normalized spacial score (nSPS) is 23.3. The molecule has 2 aromatic rings. The van der Waals surface area contributed by atoms with Crippen molar-refractivity contribution < 1.29 is 23.1 Å². The third-order valence-electron chi connectivity index (χ3n) is 6.22. The van der Waals surface area contributed by atoms with Gasteiger partial charge < -0.3 is 9.64 Å². The topological polar surface area (TPSA) is 46.6 Å². The van der Waals surface area contributed by atoms with Gasteiger partial charge in [-0.05, 0) is 37.7 Å². The molecule has 0 spiro atoms. The molecule has 2 aliphatic heterocycles. The number of hydrogen-bond acceptors (Lipinski definition) is 3. The Morgan fingerprint density at radius 3 is 2.27 bits per heavy atom. The lowest BCUT2D eigenvalue weighted by atomic mass is 9.75. The molecule has 158 valence electrons. The molecule has 2 aliphatic rings. The number of piperidine rings is 2. The maximum atomic E-state index is 13.4. The molecule has 1 amide bonds. The summed E-state index contributed by atoms with van der Waals surface area (Å²) < 4.78 is 32.3. The molecule has 30 heavy (non-hydrogen) atoms. The van der Waals surface area contributed by atoms with E-state index in [1.165, 1.54) is 18.2 Å².